The molecule has 2 aromatic rings. The predicted molar refractivity (Wildman–Crippen MR) is 121 cm³/mol. The molecule has 2 fully saturated rings. The molecule has 32 heavy (non-hydrogen) atoms. The van der Waals surface area contributed by atoms with Gasteiger partial charge in [-0.25, -0.2) is 9.97 Å². The van der Waals surface area contributed by atoms with Crippen molar-refractivity contribution in [2.45, 2.75) is 62.4 Å². The molecule has 3 heterocycles. The number of amides is 1. The zero-order valence-electron chi connectivity index (χ0n) is 17.8. The van der Waals surface area contributed by atoms with E-state index in [1.165, 1.54) is 6.20 Å². The molecular formula is C23H24Cl2N4O3. The summed E-state index contributed by atoms with van der Waals surface area (Å²) in [7, 11) is 0. The minimum absolute atomic E-state index is 0.0160. The molecule has 0 radical (unpaired) electrons. The standard InChI is InChI=1S/C23H24Cl2N4O3/c1-21(2)6-8-22(9-7-21)23(13-4-3-12(24)11-15(13)27-19(23)32)16(17(29-22)18(30)31)14-5-10-26-20(25)28-14/h3-5,10-11,16-17,29H,6-9H2,1-2H3,(H,27,32)(H,30,31)/t16-,17+,23?/m0/s1. The third-order valence-corrected chi connectivity index (χ3v) is 8.11. The topological polar surface area (TPSA) is 104 Å². The molecule has 3 aliphatic rings. The zero-order chi connectivity index (χ0) is 22.9. The van der Waals surface area contributed by atoms with Crippen molar-refractivity contribution < 1.29 is 14.7 Å². The van der Waals surface area contributed by atoms with Gasteiger partial charge in [0.25, 0.3) is 0 Å². The number of nitrogens with one attached hydrogen (secondary N) is 2. The van der Waals surface area contributed by atoms with Gasteiger partial charge in [0.2, 0.25) is 11.2 Å². The van der Waals surface area contributed by atoms with Crippen LogP contribution < -0.4 is 10.6 Å². The van der Waals surface area contributed by atoms with Gasteiger partial charge in [-0.2, -0.15) is 0 Å². The third kappa shape index (κ3) is 2.91. The number of carbonyl (C=O) groups is 2. The lowest BCUT2D eigenvalue weighted by Crippen LogP contribution is -2.61. The molecule has 168 valence electrons. The first-order valence-electron chi connectivity index (χ1n) is 10.7. The van der Waals surface area contributed by atoms with Crippen molar-refractivity contribution in [1.82, 2.24) is 15.3 Å². The monoisotopic (exact) mass is 474 g/mol. The SMILES string of the molecule is CC1(C)CCC2(CC1)N[C@@H](C(=O)O)[C@H](c1ccnc(Cl)n1)C21C(=O)Nc2cc(Cl)ccc21. The summed E-state index contributed by atoms with van der Waals surface area (Å²) in [6.45, 7) is 4.42. The highest BCUT2D eigenvalue weighted by molar-refractivity contribution is 6.31. The van der Waals surface area contributed by atoms with Gasteiger partial charge >= 0.3 is 5.97 Å². The van der Waals surface area contributed by atoms with E-state index in [9.17, 15) is 14.7 Å². The van der Waals surface area contributed by atoms with Crippen LogP contribution in [0.2, 0.25) is 10.3 Å². The Kier molecular flexibility index (Phi) is 4.82. The Morgan fingerprint density at radius 3 is 2.53 bits per heavy atom. The first kappa shape index (κ1) is 21.6. The number of carbonyl (C=O) groups excluding carboxylic acids is 1. The summed E-state index contributed by atoms with van der Waals surface area (Å²) < 4.78 is 0. The summed E-state index contributed by atoms with van der Waals surface area (Å²) in [4.78, 5) is 34.9. The highest BCUT2D eigenvalue weighted by Crippen LogP contribution is 2.63. The predicted octanol–water partition coefficient (Wildman–Crippen LogP) is 4.15. The maximum Gasteiger partial charge on any atom is 0.321 e. The summed E-state index contributed by atoms with van der Waals surface area (Å²) in [6, 6.07) is 5.96. The highest BCUT2D eigenvalue weighted by Gasteiger charge is 2.73. The normalized spacial score (nSPS) is 29.8. The van der Waals surface area contributed by atoms with Crippen LogP contribution in [0.15, 0.2) is 30.5 Å². The molecule has 1 amide bonds. The van der Waals surface area contributed by atoms with Gasteiger partial charge in [-0.15, -0.1) is 0 Å². The van der Waals surface area contributed by atoms with Gasteiger partial charge in [0.1, 0.15) is 11.5 Å². The van der Waals surface area contributed by atoms with Crippen LogP contribution in [0, 0.1) is 5.41 Å². The van der Waals surface area contributed by atoms with E-state index in [0.717, 1.165) is 18.4 Å². The molecule has 2 aliphatic heterocycles. The molecular weight excluding hydrogens is 451 g/mol. The molecule has 2 spiro atoms. The Labute approximate surface area is 195 Å². The molecule has 5 rings (SSSR count). The fourth-order valence-corrected chi connectivity index (χ4v) is 6.47. The molecule has 3 atom stereocenters. The van der Waals surface area contributed by atoms with Crippen LogP contribution in [0.25, 0.3) is 0 Å². The molecule has 0 bridgehead atoms. The van der Waals surface area contributed by atoms with Gasteiger partial charge in [-0.3, -0.25) is 14.9 Å². The van der Waals surface area contributed by atoms with Crippen LogP contribution in [0.3, 0.4) is 0 Å². The smallest absolute Gasteiger partial charge is 0.321 e. The van der Waals surface area contributed by atoms with Crippen molar-refractivity contribution in [2.75, 3.05) is 5.32 Å². The number of halogens is 2. The van der Waals surface area contributed by atoms with Crippen molar-refractivity contribution in [3.63, 3.8) is 0 Å². The summed E-state index contributed by atoms with van der Waals surface area (Å²) in [5.74, 6) is -2.03. The van der Waals surface area contributed by atoms with Crippen LogP contribution >= 0.6 is 23.2 Å². The quantitative estimate of drug-likeness (QED) is 0.564. The van der Waals surface area contributed by atoms with Crippen LogP contribution in [-0.2, 0) is 15.0 Å². The number of fused-ring (bicyclic) bond motifs is 3. The summed E-state index contributed by atoms with van der Waals surface area (Å²) in [5, 5.41) is 17.2. The second-order valence-electron chi connectivity index (χ2n) is 9.89. The number of carboxylic acids is 1. The Balaban J connectivity index is 1.81. The number of aliphatic carboxylic acids is 1. The summed E-state index contributed by atoms with van der Waals surface area (Å²) >= 11 is 12.3. The van der Waals surface area contributed by atoms with Gasteiger partial charge in [0, 0.05) is 28.4 Å². The van der Waals surface area contributed by atoms with E-state index in [-0.39, 0.29) is 16.6 Å². The lowest BCUT2D eigenvalue weighted by molar-refractivity contribution is -0.139. The largest absolute Gasteiger partial charge is 0.480 e. The molecule has 1 saturated carbocycles. The number of nitrogens with zero attached hydrogens (tertiary/aromatic N) is 2. The third-order valence-electron chi connectivity index (χ3n) is 7.69. The summed E-state index contributed by atoms with van der Waals surface area (Å²) in [5.41, 5.74) is -0.0148. The van der Waals surface area contributed by atoms with Crippen molar-refractivity contribution in [2.24, 2.45) is 5.41 Å². The van der Waals surface area contributed by atoms with E-state index in [4.69, 9.17) is 23.2 Å². The number of benzene rings is 1. The summed E-state index contributed by atoms with van der Waals surface area (Å²) in [6.07, 6.45) is 4.55. The van der Waals surface area contributed by atoms with Gasteiger partial charge < -0.3 is 10.4 Å². The molecule has 1 aromatic carbocycles. The van der Waals surface area contributed by atoms with Crippen molar-refractivity contribution >= 4 is 40.8 Å². The lowest BCUT2D eigenvalue weighted by Gasteiger charge is -2.50. The Morgan fingerprint density at radius 2 is 1.88 bits per heavy atom. The number of hydrogen-bond donors (Lipinski definition) is 3. The maximum absolute atomic E-state index is 14.0. The molecule has 9 heteroatoms. The van der Waals surface area contributed by atoms with E-state index in [2.05, 4.69) is 34.4 Å². The van der Waals surface area contributed by atoms with Crippen LogP contribution in [0.4, 0.5) is 5.69 Å². The molecule has 1 saturated heterocycles. The average molecular weight is 475 g/mol. The molecule has 3 N–H and O–H groups in total. The first-order valence-corrected chi connectivity index (χ1v) is 11.5. The van der Waals surface area contributed by atoms with Crippen LogP contribution in [0.5, 0.6) is 0 Å². The number of anilines is 1. The fraction of sp³-hybridized carbons (Fsp3) is 0.478. The van der Waals surface area contributed by atoms with Crippen LogP contribution in [0.1, 0.15) is 56.7 Å². The zero-order valence-corrected chi connectivity index (χ0v) is 19.3. The van der Waals surface area contributed by atoms with E-state index >= 15 is 0 Å². The number of hydrogen-bond acceptors (Lipinski definition) is 5. The minimum atomic E-state index is -1.18. The number of aromatic nitrogens is 2. The fourth-order valence-electron chi connectivity index (χ4n) is 6.14. The van der Waals surface area contributed by atoms with Gasteiger partial charge in [0.05, 0.1) is 5.69 Å². The van der Waals surface area contributed by atoms with E-state index < -0.39 is 28.9 Å². The number of carboxylic acid groups (broad SMARTS) is 1. The van der Waals surface area contributed by atoms with E-state index in [0.29, 0.717) is 29.2 Å². The highest BCUT2D eigenvalue weighted by atomic mass is 35.5. The Hall–Kier alpha value is -2.22. The first-order chi connectivity index (χ1) is 15.1. The van der Waals surface area contributed by atoms with E-state index in [1.54, 1.807) is 18.2 Å². The lowest BCUT2D eigenvalue weighted by atomic mass is 9.54. The average Bonchev–Trinajstić information content (AvgIpc) is 3.18. The second-order valence-corrected chi connectivity index (χ2v) is 10.7. The Bertz CT molecular complexity index is 1130. The van der Waals surface area contributed by atoms with Crippen LogP contribution in [-0.4, -0.2) is 38.5 Å². The molecule has 1 aromatic heterocycles. The Morgan fingerprint density at radius 1 is 1.16 bits per heavy atom. The molecule has 1 unspecified atom stereocenters. The van der Waals surface area contributed by atoms with Crippen molar-refractivity contribution in [1.29, 1.82) is 0 Å². The van der Waals surface area contributed by atoms with Crippen molar-refractivity contribution in [3.8, 4) is 0 Å². The van der Waals surface area contributed by atoms with Gasteiger partial charge in [-0.1, -0.05) is 31.5 Å². The minimum Gasteiger partial charge on any atom is -0.480 e. The van der Waals surface area contributed by atoms with Crippen molar-refractivity contribution in [3.05, 3.63) is 52.0 Å². The second kappa shape index (κ2) is 7.14. The van der Waals surface area contributed by atoms with Gasteiger partial charge in [0.15, 0.2) is 0 Å². The van der Waals surface area contributed by atoms with Gasteiger partial charge in [-0.05, 0) is 66.5 Å². The molecule has 1 aliphatic carbocycles. The number of rotatable bonds is 2. The molecule has 7 nitrogen and oxygen atoms in total. The van der Waals surface area contributed by atoms with E-state index in [1.807, 2.05) is 6.07 Å². The maximum atomic E-state index is 14.0.